The van der Waals surface area contributed by atoms with Crippen LogP contribution >= 0.6 is 0 Å². The number of likely N-dealkylation sites (tertiary alicyclic amines) is 1. The van der Waals surface area contributed by atoms with Crippen molar-refractivity contribution in [2.45, 2.75) is 78.4 Å². The lowest BCUT2D eigenvalue weighted by Gasteiger charge is -2.41. The molecular weight excluding hydrogens is 340 g/mol. The molecule has 1 saturated heterocycles. The van der Waals surface area contributed by atoms with Crippen LogP contribution in [0, 0.1) is 18.8 Å². The molecule has 0 saturated carbocycles. The maximum Gasteiger partial charge on any atom is 0.410 e. The molecule has 0 spiro atoms. The third-order valence-electron chi connectivity index (χ3n) is 4.38. The third-order valence-corrected chi connectivity index (χ3v) is 4.38. The fourth-order valence-electron chi connectivity index (χ4n) is 2.72. The number of carbonyl (C=O) groups is 1. The summed E-state index contributed by atoms with van der Waals surface area (Å²) >= 11 is 0. The molecule has 0 radical (unpaired) electrons. The van der Waals surface area contributed by atoms with Gasteiger partial charge in [-0.1, -0.05) is 31.6 Å². The first-order valence-electron chi connectivity index (χ1n) is 9.88. The van der Waals surface area contributed by atoms with Crippen LogP contribution in [0.5, 0.6) is 5.75 Å². The van der Waals surface area contributed by atoms with Crippen LogP contribution in [0.1, 0.15) is 71.1 Å². The second kappa shape index (κ2) is 9.64. The van der Waals surface area contributed by atoms with Crippen LogP contribution in [0.25, 0.3) is 0 Å². The van der Waals surface area contributed by atoms with Crippen molar-refractivity contribution < 1.29 is 14.3 Å². The molecule has 5 heteroatoms. The number of pyridine rings is 1. The third kappa shape index (κ3) is 6.78. The molecule has 1 amide bonds. The minimum absolute atomic E-state index is 0.0445. The predicted octanol–water partition coefficient (Wildman–Crippen LogP) is 4.71. The molecule has 1 aromatic rings. The fourth-order valence-corrected chi connectivity index (χ4v) is 2.72. The molecule has 148 valence electrons. The summed E-state index contributed by atoms with van der Waals surface area (Å²) < 4.78 is 11.4. The first kappa shape index (κ1) is 21.1. The highest BCUT2D eigenvalue weighted by molar-refractivity contribution is 5.69. The van der Waals surface area contributed by atoms with Crippen LogP contribution in [0.4, 0.5) is 4.79 Å². The zero-order valence-electron chi connectivity index (χ0n) is 17.3. The molecule has 1 aromatic heterocycles. The number of hydrogen-bond donors (Lipinski definition) is 0. The largest absolute Gasteiger partial charge is 0.489 e. The van der Waals surface area contributed by atoms with Crippen molar-refractivity contribution in [3.05, 3.63) is 23.5 Å². The summed E-state index contributed by atoms with van der Waals surface area (Å²) in [6, 6.07) is 1.98. The number of nitrogens with zero attached hydrogens (tertiary/aromatic N) is 2. The lowest BCUT2D eigenvalue weighted by molar-refractivity contribution is -0.0142. The second-order valence-corrected chi connectivity index (χ2v) is 7.99. The van der Waals surface area contributed by atoms with Crippen molar-refractivity contribution in [2.24, 2.45) is 0 Å². The van der Waals surface area contributed by atoms with E-state index in [1.807, 2.05) is 33.8 Å². The second-order valence-electron chi connectivity index (χ2n) is 7.99. The number of carbonyl (C=O) groups excluding carboxylic acids is 1. The van der Waals surface area contributed by atoms with Crippen LogP contribution in [0.2, 0.25) is 0 Å². The Morgan fingerprint density at radius 2 is 2.15 bits per heavy atom. The molecule has 0 aromatic carbocycles. The van der Waals surface area contributed by atoms with Crippen molar-refractivity contribution in [3.63, 3.8) is 0 Å². The zero-order valence-corrected chi connectivity index (χ0v) is 17.3. The summed E-state index contributed by atoms with van der Waals surface area (Å²) in [5.41, 5.74) is 1.21. The lowest BCUT2D eigenvalue weighted by atomic mass is 10.1. The minimum Gasteiger partial charge on any atom is -0.489 e. The molecule has 0 aliphatic carbocycles. The molecule has 0 unspecified atom stereocenters. The maximum atomic E-state index is 12.2. The summed E-state index contributed by atoms with van der Waals surface area (Å²) in [6.07, 6.45) is 6.88. The number of ether oxygens (including phenoxy) is 2. The number of hydrogen-bond acceptors (Lipinski definition) is 4. The van der Waals surface area contributed by atoms with E-state index in [-0.39, 0.29) is 12.1 Å². The lowest BCUT2D eigenvalue weighted by Crippen LogP contribution is -2.55. The van der Waals surface area contributed by atoms with Gasteiger partial charge in [0.25, 0.3) is 0 Å². The molecule has 5 nitrogen and oxygen atoms in total. The van der Waals surface area contributed by atoms with E-state index in [9.17, 15) is 4.79 Å². The predicted molar refractivity (Wildman–Crippen MR) is 107 cm³/mol. The molecule has 2 heterocycles. The van der Waals surface area contributed by atoms with Gasteiger partial charge in [0.1, 0.15) is 18.0 Å². The number of aromatic nitrogens is 1. The van der Waals surface area contributed by atoms with Gasteiger partial charge in [-0.2, -0.15) is 0 Å². The Labute approximate surface area is 163 Å². The molecule has 1 atom stereocenters. The zero-order chi connectivity index (χ0) is 19.9. The Morgan fingerprint density at radius 1 is 1.37 bits per heavy atom. The summed E-state index contributed by atoms with van der Waals surface area (Å²) in [7, 11) is 0. The molecule has 1 aliphatic heterocycles. The summed E-state index contributed by atoms with van der Waals surface area (Å²) in [4.78, 5) is 18.3. The molecular formula is C22H32N2O3. The van der Waals surface area contributed by atoms with Crippen LogP contribution in [0.15, 0.2) is 12.3 Å². The van der Waals surface area contributed by atoms with Crippen molar-refractivity contribution in [1.29, 1.82) is 0 Å². The Hall–Kier alpha value is -2.22. The van der Waals surface area contributed by atoms with Crippen LogP contribution in [-0.2, 0) is 4.74 Å². The highest BCUT2D eigenvalue weighted by Crippen LogP contribution is 2.24. The van der Waals surface area contributed by atoms with Gasteiger partial charge in [0, 0.05) is 24.7 Å². The summed E-state index contributed by atoms with van der Waals surface area (Å²) in [5.74, 6) is 7.09. The number of aryl methyl sites for hydroxylation is 1. The maximum absolute atomic E-state index is 12.2. The van der Waals surface area contributed by atoms with Gasteiger partial charge in [-0.3, -0.25) is 4.98 Å². The molecule has 0 N–H and O–H groups in total. The van der Waals surface area contributed by atoms with Gasteiger partial charge in [0.05, 0.1) is 11.7 Å². The smallest absolute Gasteiger partial charge is 0.410 e. The quantitative estimate of drug-likeness (QED) is 0.536. The van der Waals surface area contributed by atoms with Crippen molar-refractivity contribution in [3.8, 4) is 17.6 Å². The van der Waals surface area contributed by atoms with Gasteiger partial charge in [-0.05, 0) is 46.6 Å². The van der Waals surface area contributed by atoms with Crippen LogP contribution in [-0.4, -0.2) is 40.8 Å². The van der Waals surface area contributed by atoms with E-state index in [2.05, 4.69) is 23.7 Å². The van der Waals surface area contributed by atoms with Gasteiger partial charge < -0.3 is 14.4 Å². The van der Waals surface area contributed by atoms with Gasteiger partial charge in [0.15, 0.2) is 0 Å². The first-order valence-corrected chi connectivity index (χ1v) is 9.88. The van der Waals surface area contributed by atoms with E-state index in [1.165, 1.54) is 12.8 Å². The Kier molecular flexibility index (Phi) is 7.53. The van der Waals surface area contributed by atoms with Gasteiger partial charge >= 0.3 is 6.09 Å². The van der Waals surface area contributed by atoms with Gasteiger partial charge in [0.2, 0.25) is 0 Å². The normalized spacial score (nSPS) is 16.2. The summed E-state index contributed by atoms with van der Waals surface area (Å²) in [5, 5.41) is 0. The van der Waals surface area contributed by atoms with E-state index in [0.29, 0.717) is 13.2 Å². The van der Waals surface area contributed by atoms with Gasteiger partial charge in [-0.25, -0.2) is 4.79 Å². The number of rotatable bonds is 6. The van der Waals surface area contributed by atoms with E-state index in [1.54, 1.807) is 11.1 Å². The minimum atomic E-state index is -0.483. The SMILES string of the molecule is CCCCCC#Cc1cnc(C)c(OC[C@@H]2CCN2C(=O)OC(C)(C)C)c1. The highest BCUT2D eigenvalue weighted by atomic mass is 16.6. The van der Waals surface area contributed by atoms with E-state index >= 15 is 0 Å². The first-order chi connectivity index (χ1) is 12.8. The average Bonchev–Trinajstić information content (AvgIpc) is 2.54. The summed E-state index contributed by atoms with van der Waals surface area (Å²) in [6.45, 7) is 10.9. The highest BCUT2D eigenvalue weighted by Gasteiger charge is 2.35. The van der Waals surface area contributed by atoms with E-state index < -0.39 is 5.60 Å². The standard InChI is InChI=1S/C22H32N2O3/c1-6-7-8-9-10-11-18-14-20(17(2)23-15-18)26-16-19-12-13-24(19)21(25)27-22(3,4)5/h14-15,19H,6-9,12-13,16H2,1-5H3/t19-/m0/s1. The van der Waals surface area contributed by atoms with E-state index in [0.717, 1.165) is 36.3 Å². The van der Waals surface area contributed by atoms with Crippen LogP contribution < -0.4 is 4.74 Å². The number of amides is 1. The molecule has 2 rings (SSSR count). The topological polar surface area (TPSA) is 51.7 Å². The Bertz CT molecular complexity index is 698. The van der Waals surface area contributed by atoms with Crippen molar-refractivity contribution in [2.75, 3.05) is 13.2 Å². The molecule has 1 aliphatic rings. The van der Waals surface area contributed by atoms with Crippen molar-refractivity contribution >= 4 is 6.09 Å². The Morgan fingerprint density at radius 3 is 2.78 bits per heavy atom. The molecule has 1 fully saturated rings. The van der Waals surface area contributed by atoms with E-state index in [4.69, 9.17) is 9.47 Å². The molecule has 27 heavy (non-hydrogen) atoms. The molecule has 0 bridgehead atoms. The van der Waals surface area contributed by atoms with Crippen LogP contribution in [0.3, 0.4) is 0 Å². The fraction of sp³-hybridized carbons (Fsp3) is 0.636. The Balaban J connectivity index is 1.90. The van der Waals surface area contributed by atoms with Crippen molar-refractivity contribution in [1.82, 2.24) is 9.88 Å². The van der Waals surface area contributed by atoms with Gasteiger partial charge in [-0.15, -0.1) is 0 Å². The number of unbranched alkanes of at least 4 members (excludes halogenated alkanes) is 3. The average molecular weight is 373 g/mol. The monoisotopic (exact) mass is 372 g/mol.